The standard InChI is InChI=1S/C21H24ClNO3/c1-21(2,3)16-10-15(13-23-19(25)12-22)20(26)17(11-16)18(24)9-14-7-5-4-6-8-14/h4-8,10-11,26H,9,12-13H2,1-3H3,(H,23,25). The van der Waals surface area contributed by atoms with Crippen molar-refractivity contribution < 1.29 is 14.7 Å². The van der Waals surface area contributed by atoms with Crippen LogP contribution in [-0.2, 0) is 23.2 Å². The van der Waals surface area contributed by atoms with Crippen molar-refractivity contribution in [3.05, 3.63) is 64.7 Å². The molecule has 0 saturated carbocycles. The first-order valence-electron chi connectivity index (χ1n) is 8.48. The van der Waals surface area contributed by atoms with Crippen molar-refractivity contribution in [2.45, 2.75) is 39.2 Å². The molecule has 2 aromatic carbocycles. The van der Waals surface area contributed by atoms with Crippen LogP contribution in [0.4, 0.5) is 0 Å². The number of carbonyl (C=O) groups is 2. The first-order valence-corrected chi connectivity index (χ1v) is 9.02. The Morgan fingerprint density at radius 1 is 1.12 bits per heavy atom. The van der Waals surface area contributed by atoms with Crippen LogP contribution in [0.2, 0.25) is 0 Å². The number of alkyl halides is 1. The summed E-state index contributed by atoms with van der Waals surface area (Å²) in [6.07, 6.45) is 0.204. The van der Waals surface area contributed by atoms with Crippen LogP contribution in [0.25, 0.3) is 0 Å². The lowest BCUT2D eigenvalue weighted by atomic mass is 9.83. The SMILES string of the molecule is CC(C)(C)c1cc(CNC(=O)CCl)c(O)c(C(=O)Cc2ccccc2)c1. The van der Waals surface area contributed by atoms with Crippen LogP contribution in [0.15, 0.2) is 42.5 Å². The number of hydrogen-bond acceptors (Lipinski definition) is 3. The minimum atomic E-state index is -0.329. The molecule has 0 aliphatic heterocycles. The number of carbonyl (C=O) groups excluding carboxylic acids is 2. The van der Waals surface area contributed by atoms with Gasteiger partial charge < -0.3 is 10.4 Å². The lowest BCUT2D eigenvalue weighted by Gasteiger charge is -2.22. The number of halogens is 1. The van der Waals surface area contributed by atoms with E-state index in [-0.39, 0.29) is 47.3 Å². The molecule has 2 aromatic rings. The molecule has 0 atom stereocenters. The van der Waals surface area contributed by atoms with E-state index in [2.05, 4.69) is 5.32 Å². The third-order valence-corrected chi connectivity index (χ3v) is 4.40. The Balaban J connectivity index is 2.39. The quantitative estimate of drug-likeness (QED) is 0.594. The average Bonchev–Trinajstić information content (AvgIpc) is 2.60. The summed E-state index contributed by atoms with van der Waals surface area (Å²) in [6.45, 7) is 6.22. The smallest absolute Gasteiger partial charge is 0.235 e. The summed E-state index contributed by atoms with van der Waals surface area (Å²) in [5.74, 6) is -0.734. The van der Waals surface area contributed by atoms with Gasteiger partial charge in [0.2, 0.25) is 5.91 Å². The molecule has 2 N–H and O–H groups in total. The van der Waals surface area contributed by atoms with Crippen molar-refractivity contribution >= 4 is 23.3 Å². The Morgan fingerprint density at radius 3 is 2.35 bits per heavy atom. The van der Waals surface area contributed by atoms with E-state index in [0.29, 0.717) is 5.56 Å². The first-order chi connectivity index (χ1) is 12.2. The van der Waals surface area contributed by atoms with Gasteiger partial charge in [0.25, 0.3) is 0 Å². The molecule has 0 aromatic heterocycles. The number of amides is 1. The highest BCUT2D eigenvalue weighted by Crippen LogP contribution is 2.32. The zero-order chi connectivity index (χ0) is 19.3. The second kappa shape index (κ2) is 8.37. The molecule has 0 fully saturated rings. The van der Waals surface area contributed by atoms with Gasteiger partial charge in [0.05, 0.1) is 5.56 Å². The lowest BCUT2D eigenvalue weighted by molar-refractivity contribution is -0.118. The molecule has 0 unspecified atom stereocenters. The number of hydrogen-bond donors (Lipinski definition) is 2. The summed E-state index contributed by atoms with van der Waals surface area (Å²) in [5.41, 5.74) is 2.38. The zero-order valence-corrected chi connectivity index (χ0v) is 16.1. The van der Waals surface area contributed by atoms with Gasteiger partial charge >= 0.3 is 0 Å². The molecule has 4 nitrogen and oxygen atoms in total. The van der Waals surface area contributed by atoms with E-state index < -0.39 is 0 Å². The molecule has 0 aliphatic carbocycles. The van der Waals surface area contributed by atoms with E-state index in [1.807, 2.05) is 57.2 Å². The summed E-state index contributed by atoms with van der Waals surface area (Å²) in [5, 5.41) is 13.2. The maximum absolute atomic E-state index is 12.8. The number of benzene rings is 2. The Morgan fingerprint density at radius 2 is 1.77 bits per heavy atom. The molecule has 1 amide bonds. The molecule has 0 radical (unpaired) electrons. The lowest BCUT2D eigenvalue weighted by Crippen LogP contribution is -2.24. The summed E-state index contributed by atoms with van der Waals surface area (Å²) < 4.78 is 0. The third kappa shape index (κ3) is 5.09. The Labute approximate surface area is 159 Å². The number of rotatable bonds is 6. The molecular weight excluding hydrogens is 350 g/mol. The topological polar surface area (TPSA) is 66.4 Å². The van der Waals surface area contributed by atoms with Gasteiger partial charge in [-0.3, -0.25) is 9.59 Å². The fourth-order valence-electron chi connectivity index (χ4n) is 2.59. The summed E-state index contributed by atoms with van der Waals surface area (Å²) in [6, 6.07) is 13.0. The summed E-state index contributed by atoms with van der Waals surface area (Å²) in [7, 11) is 0. The van der Waals surface area contributed by atoms with Gasteiger partial charge in [-0.15, -0.1) is 11.6 Å². The fraction of sp³-hybridized carbons (Fsp3) is 0.333. The fourth-order valence-corrected chi connectivity index (χ4v) is 2.69. The van der Waals surface area contributed by atoms with E-state index in [9.17, 15) is 14.7 Å². The number of Topliss-reactive ketones (excluding diaryl/α,β-unsaturated/α-hetero) is 1. The van der Waals surface area contributed by atoms with Crippen LogP contribution in [0.3, 0.4) is 0 Å². The van der Waals surface area contributed by atoms with Gasteiger partial charge in [-0.05, 0) is 28.7 Å². The molecule has 0 bridgehead atoms. The Hall–Kier alpha value is -2.33. The highest BCUT2D eigenvalue weighted by molar-refractivity contribution is 6.27. The van der Waals surface area contributed by atoms with Gasteiger partial charge in [-0.25, -0.2) is 0 Å². The largest absolute Gasteiger partial charge is 0.507 e. The molecule has 0 aliphatic rings. The summed E-state index contributed by atoms with van der Waals surface area (Å²) in [4.78, 5) is 24.2. The van der Waals surface area contributed by atoms with Gasteiger partial charge in [-0.2, -0.15) is 0 Å². The predicted molar refractivity (Wildman–Crippen MR) is 104 cm³/mol. The normalized spacial score (nSPS) is 11.2. The number of aromatic hydroxyl groups is 1. The van der Waals surface area contributed by atoms with Crippen LogP contribution < -0.4 is 5.32 Å². The third-order valence-electron chi connectivity index (χ3n) is 4.16. The van der Waals surface area contributed by atoms with Gasteiger partial charge in [-0.1, -0.05) is 51.1 Å². The number of phenolic OH excluding ortho intramolecular Hbond substituents is 1. The molecule has 0 saturated heterocycles. The second-order valence-electron chi connectivity index (χ2n) is 7.28. The van der Waals surface area contributed by atoms with E-state index in [0.717, 1.165) is 11.1 Å². The maximum atomic E-state index is 12.8. The van der Waals surface area contributed by atoms with Crippen LogP contribution in [0.1, 0.15) is 47.8 Å². The number of nitrogens with one attached hydrogen (secondary N) is 1. The molecule has 2 rings (SSSR count). The molecule has 5 heteroatoms. The predicted octanol–water partition coefficient (Wildman–Crippen LogP) is 3.97. The highest BCUT2D eigenvalue weighted by atomic mass is 35.5. The van der Waals surface area contributed by atoms with E-state index in [1.54, 1.807) is 6.07 Å². The number of ketones is 1. The maximum Gasteiger partial charge on any atom is 0.235 e. The minimum absolute atomic E-state index is 0.0891. The van der Waals surface area contributed by atoms with Crippen molar-refractivity contribution in [3.63, 3.8) is 0 Å². The van der Waals surface area contributed by atoms with Crippen LogP contribution in [-0.4, -0.2) is 22.7 Å². The molecular formula is C21H24ClNO3. The Bertz CT molecular complexity index is 795. The van der Waals surface area contributed by atoms with Crippen molar-refractivity contribution in [3.8, 4) is 5.75 Å². The van der Waals surface area contributed by atoms with Crippen molar-refractivity contribution in [2.24, 2.45) is 0 Å². The second-order valence-corrected chi connectivity index (χ2v) is 7.54. The first kappa shape index (κ1) is 20.0. The van der Waals surface area contributed by atoms with Crippen molar-refractivity contribution in [1.29, 1.82) is 0 Å². The van der Waals surface area contributed by atoms with Crippen LogP contribution in [0, 0.1) is 0 Å². The molecule has 26 heavy (non-hydrogen) atoms. The minimum Gasteiger partial charge on any atom is -0.507 e. The summed E-state index contributed by atoms with van der Waals surface area (Å²) >= 11 is 5.51. The van der Waals surface area contributed by atoms with Gasteiger partial charge in [0.15, 0.2) is 5.78 Å². The Kier molecular flexibility index (Phi) is 6.43. The van der Waals surface area contributed by atoms with Gasteiger partial charge in [0.1, 0.15) is 11.6 Å². The van der Waals surface area contributed by atoms with E-state index in [4.69, 9.17) is 11.6 Å². The molecule has 138 valence electrons. The average molecular weight is 374 g/mol. The van der Waals surface area contributed by atoms with Gasteiger partial charge in [0, 0.05) is 18.5 Å². The highest BCUT2D eigenvalue weighted by Gasteiger charge is 2.22. The zero-order valence-electron chi connectivity index (χ0n) is 15.3. The van der Waals surface area contributed by atoms with Crippen molar-refractivity contribution in [1.82, 2.24) is 5.32 Å². The van der Waals surface area contributed by atoms with Crippen LogP contribution in [0.5, 0.6) is 5.75 Å². The molecule has 0 spiro atoms. The van der Waals surface area contributed by atoms with Crippen LogP contribution >= 0.6 is 11.6 Å². The van der Waals surface area contributed by atoms with E-state index in [1.165, 1.54) is 0 Å². The monoisotopic (exact) mass is 373 g/mol. The van der Waals surface area contributed by atoms with Crippen molar-refractivity contribution in [2.75, 3.05) is 5.88 Å². The van der Waals surface area contributed by atoms with E-state index >= 15 is 0 Å². The number of phenols is 1. The molecule has 0 heterocycles.